The van der Waals surface area contributed by atoms with Gasteiger partial charge in [0.1, 0.15) is 11.7 Å². The number of pyridine rings is 1. The van der Waals surface area contributed by atoms with Crippen molar-refractivity contribution in [2.75, 3.05) is 31.3 Å². The fraction of sp³-hybridized carbons (Fsp3) is 0.600. The van der Waals surface area contributed by atoms with Gasteiger partial charge in [-0.25, -0.2) is 4.98 Å². The van der Waals surface area contributed by atoms with Crippen molar-refractivity contribution in [1.82, 2.24) is 10.3 Å². The van der Waals surface area contributed by atoms with Crippen LogP contribution >= 0.6 is 11.8 Å². The summed E-state index contributed by atoms with van der Waals surface area (Å²) in [5.41, 5.74) is 0.505. The Morgan fingerprint density at radius 1 is 1.57 bits per heavy atom. The van der Waals surface area contributed by atoms with Gasteiger partial charge in [-0.15, -0.1) is 0 Å². The van der Waals surface area contributed by atoms with Gasteiger partial charge in [-0.1, -0.05) is 0 Å². The Morgan fingerprint density at radius 2 is 2.48 bits per heavy atom. The first-order valence-electron chi connectivity index (χ1n) is 7.36. The highest BCUT2D eigenvalue weighted by Crippen LogP contribution is 2.24. The number of aromatic nitrogens is 1. The molecule has 1 unspecified atom stereocenters. The summed E-state index contributed by atoms with van der Waals surface area (Å²) in [6.45, 7) is 3.91. The molecule has 21 heavy (non-hydrogen) atoms. The molecule has 1 amide bonds. The first-order valence-corrected chi connectivity index (χ1v) is 8.52. The number of hydrogen-bond donors (Lipinski definition) is 1. The van der Waals surface area contributed by atoms with Crippen molar-refractivity contribution in [2.45, 2.75) is 25.9 Å². The predicted octanol–water partition coefficient (Wildman–Crippen LogP) is 2.12. The molecule has 1 atom stereocenters. The van der Waals surface area contributed by atoms with E-state index in [1.807, 2.05) is 18.7 Å². The van der Waals surface area contributed by atoms with E-state index in [4.69, 9.17) is 9.47 Å². The molecule has 5 nitrogen and oxygen atoms in total. The molecule has 2 heterocycles. The van der Waals surface area contributed by atoms with Crippen molar-refractivity contribution in [2.24, 2.45) is 0 Å². The SMILES string of the molecule is CCOCCCNC(=O)c1cccnc1OC1CCSC1. The van der Waals surface area contributed by atoms with Gasteiger partial charge >= 0.3 is 0 Å². The molecule has 1 fully saturated rings. The number of amides is 1. The Morgan fingerprint density at radius 3 is 3.24 bits per heavy atom. The van der Waals surface area contributed by atoms with E-state index in [2.05, 4.69) is 10.3 Å². The van der Waals surface area contributed by atoms with Gasteiger partial charge in [-0.05, 0) is 37.7 Å². The summed E-state index contributed by atoms with van der Waals surface area (Å²) < 4.78 is 11.1. The number of rotatable bonds is 8. The second-order valence-corrected chi connectivity index (χ2v) is 5.92. The smallest absolute Gasteiger partial charge is 0.256 e. The van der Waals surface area contributed by atoms with Crippen molar-refractivity contribution >= 4 is 17.7 Å². The van der Waals surface area contributed by atoms with E-state index in [0.717, 1.165) is 24.3 Å². The summed E-state index contributed by atoms with van der Waals surface area (Å²) in [6.07, 6.45) is 3.63. The van der Waals surface area contributed by atoms with E-state index in [1.54, 1.807) is 18.3 Å². The minimum Gasteiger partial charge on any atom is -0.473 e. The van der Waals surface area contributed by atoms with Crippen molar-refractivity contribution in [3.8, 4) is 5.88 Å². The van der Waals surface area contributed by atoms with Crippen LogP contribution in [0.15, 0.2) is 18.3 Å². The molecule has 0 saturated carbocycles. The van der Waals surface area contributed by atoms with Crippen molar-refractivity contribution < 1.29 is 14.3 Å². The van der Waals surface area contributed by atoms with Gasteiger partial charge in [0, 0.05) is 31.7 Å². The van der Waals surface area contributed by atoms with Gasteiger partial charge in [-0.2, -0.15) is 11.8 Å². The van der Waals surface area contributed by atoms with Gasteiger partial charge in [0.05, 0.1) is 0 Å². The average Bonchev–Trinajstić information content (AvgIpc) is 3.00. The second kappa shape index (κ2) is 8.89. The molecule has 1 N–H and O–H groups in total. The molecule has 116 valence electrons. The van der Waals surface area contributed by atoms with Gasteiger partial charge < -0.3 is 14.8 Å². The lowest BCUT2D eigenvalue weighted by molar-refractivity contribution is 0.0936. The molecule has 1 aromatic rings. The number of ether oxygens (including phenoxy) is 2. The van der Waals surface area contributed by atoms with Crippen LogP contribution in [0.4, 0.5) is 0 Å². The van der Waals surface area contributed by atoms with Crippen LogP contribution in [-0.4, -0.2) is 48.3 Å². The van der Waals surface area contributed by atoms with Gasteiger partial charge in [-0.3, -0.25) is 4.79 Å². The summed E-state index contributed by atoms with van der Waals surface area (Å²) in [5.74, 6) is 2.37. The lowest BCUT2D eigenvalue weighted by Crippen LogP contribution is -2.27. The molecule has 1 saturated heterocycles. The number of carbonyl (C=O) groups excluding carboxylic acids is 1. The monoisotopic (exact) mass is 310 g/mol. The van der Waals surface area contributed by atoms with Crippen LogP contribution in [0.25, 0.3) is 0 Å². The average molecular weight is 310 g/mol. The van der Waals surface area contributed by atoms with Crippen LogP contribution in [0.5, 0.6) is 5.88 Å². The molecular formula is C15H22N2O3S. The molecule has 0 bridgehead atoms. The largest absolute Gasteiger partial charge is 0.473 e. The van der Waals surface area contributed by atoms with Gasteiger partial charge in [0.25, 0.3) is 5.91 Å². The molecule has 0 aromatic carbocycles. The number of nitrogens with one attached hydrogen (secondary N) is 1. The maximum absolute atomic E-state index is 12.2. The normalized spacial score (nSPS) is 17.7. The van der Waals surface area contributed by atoms with E-state index in [0.29, 0.717) is 31.2 Å². The summed E-state index contributed by atoms with van der Waals surface area (Å²) in [6, 6.07) is 3.51. The van der Waals surface area contributed by atoms with Crippen LogP contribution in [0, 0.1) is 0 Å². The van der Waals surface area contributed by atoms with Gasteiger partial charge in [0.15, 0.2) is 0 Å². The lowest BCUT2D eigenvalue weighted by atomic mass is 10.2. The van der Waals surface area contributed by atoms with Crippen molar-refractivity contribution in [3.63, 3.8) is 0 Å². The first-order chi connectivity index (χ1) is 10.3. The molecule has 2 rings (SSSR count). The van der Waals surface area contributed by atoms with E-state index in [9.17, 15) is 4.79 Å². The molecule has 0 radical (unpaired) electrons. The third-order valence-electron chi connectivity index (χ3n) is 3.14. The van der Waals surface area contributed by atoms with Crippen molar-refractivity contribution in [1.29, 1.82) is 0 Å². The maximum Gasteiger partial charge on any atom is 0.256 e. The second-order valence-electron chi connectivity index (χ2n) is 4.77. The highest BCUT2D eigenvalue weighted by atomic mass is 32.2. The third-order valence-corrected chi connectivity index (χ3v) is 4.27. The van der Waals surface area contributed by atoms with Crippen LogP contribution in [0.1, 0.15) is 30.1 Å². The summed E-state index contributed by atoms with van der Waals surface area (Å²) in [4.78, 5) is 16.4. The minimum absolute atomic E-state index is 0.139. The number of hydrogen-bond acceptors (Lipinski definition) is 5. The zero-order chi connectivity index (χ0) is 14.9. The number of nitrogens with zero attached hydrogens (tertiary/aromatic N) is 1. The van der Waals surface area contributed by atoms with E-state index in [-0.39, 0.29) is 12.0 Å². The molecule has 0 aliphatic carbocycles. The first kappa shape index (κ1) is 16.1. The fourth-order valence-electron chi connectivity index (χ4n) is 2.04. The van der Waals surface area contributed by atoms with E-state index in [1.165, 1.54) is 0 Å². The van der Waals surface area contributed by atoms with Crippen LogP contribution in [0.2, 0.25) is 0 Å². The zero-order valence-corrected chi connectivity index (χ0v) is 13.2. The van der Waals surface area contributed by atoms with Crippen LogP contribution in [-0.2, 0) is 4.74 Å². The topological polar surface area (TPSA) is 60.5 Å². The summed E-state index contributed by atoms with van der Waals surface area (Å²) >= 11 is 1.87. The molecule has 0 spiro atoms. The molecule has 1 aliphatic heterocycles. The van der Waals surface area contributed by atoms with Gasteiger partial charge in [0.2, 0.25) is 5.88 Å². The Balaban J connectivity index is 1.87. The highest BCUT2D eigenvalue weighted by molar-refractivity contribution is 7.99. The minimum atomic E-state index is -0.139. The Kier molecular flexibility index (Phi) is 6.82. The van der Waals surface area contributed by atoms with E-state index < -0.39 is 0 Å². The Bertz CT molecular complexity index is 450. The number of thioether (sulfide) groups is 1. The third kappa shape index (κ3) is 5.21. The predicted molar refractivity (Wildman–Crippen MR) is 84.0 cm³/mol. The van der Waals surface area contributed by atoms with Crippen LogP contribution in [0.3, 0.4) is 0 Å². The number of carbonyl (C=O) groups is 1. The molecule has 1 aliphatic rings. The summed E-state index contributed by atoms with van der Waals surface area (Å²) in [7, 11) is 0. The summed E-state index contributed by atoms with van der Waals surface area (Å²) in [5, 5.41) is 2.88. The van der Waals surface area contributed by atoms with Crippen molar-refractivity contribution in [3.05, 3.63) is 23.9 Å². The Labute approximate surface area is 129 Å². The standard InChI is InChI=1S/C15H22N2O3S/c1-2-19-9-4-8-16-14(18)13-5-3-7-17-15(13)20-12-6-10-21-11-12/h3,5,7,12H,2,4,6,8-11H2,1H3,(H,16,18). The van der Waals surface area contributed by atoms with E-state index >= 15 is 0 Å². The van der Waals surface area contributed by atoms with Crippen LogP contribution < -0.4 is 10.1 Å². The lowest BCUT2D eigenvalue weighted by Gasteiger charge is -2.14. The fourth-order valence-corrected chi connectivity index (χ4v) is 3.13. The highest BCUT2D eigenvalue weighted by Gasteiger charge is 2.21. The zero-order valence-electron chi connectivity index (χ0n) is 12.3. The maximum atomic E-state index is 12.2. The molecular weight excluding hydrogens is 288 g/mol. The molecule has 6 heteroatoms. The quantitative estimate of drug-likeness (QED) is 0.745. The molecule has 1 aromatic heterocycles. The Hall–Kier alpha value is -1.27.